The van der Waals surface area contributed by atoms with Gasteiger partial charge in [0.2, 0.25) is 5.91 Å². The maximum atomic E-state index is 14.5. The lowest BCUT2D eigenvalue weighted by molar-refractivity contribution is -0.173. The monoisotopic (exact) mass is 532 g/mol. The van der Waals surface area contributed by atoms with Crippen LogP contribution in [-0.4, -0.2) is 24.5 Å². The number of carbonyl (C=O) groups excluding carboxylic acids is 3. The molecule has 1 amide bonds. The summed E-state index contributed by atoms with van der Waals surface area (Å²) in [5.74, 6) is 0.511. The number of fused-ring (bicyclic) bond motifs is 7. The van der Waals surface area contributed by atoms with Crippen LogP contribution in [-0.2, 0) is 14.4 Å². The lowest BCUT2D eigenvalue weighted by Gasteiger charge is -2.69. The number of nitriles is 1. The highest BCUT2D eigenvalue weighted by molar-refractivity contribution is 6.04. The highest BCUT2D eigenvalue weighted by Crippen LogP contribution is 2.75. The Morgan fingerprint density at radius 1 is 1.03 bits per heavy atom. The van der Waals surface area contributed by atoms with E-state index in [2.05, 4.69) is 46.0 Å². The van der Waals surface area contributed by atoms with E-state index in [0.717, 1.165) is 56.9 Å². The number of nitrogens with one attached hydrogen (secondary N) is 1. The van der Waals surface area contributed by atoms with Crippen LogP contribution in [0.15, 0.2) is 23.3 Å². The largest absolute Gasteiger partial charge is 0.359 e. The van der Waals surface area contributed by atoms with E-state index >= 15 is 0 Å². The summed E-state index contributed by atoms with van der Waals surface area (Å²) >= 11 is 0. The lowest BCUT2D eigenvalue weighted by atomic mass is 9.34. The minimum Gasteiger partial charge on any atom is -0.359 e. The van der Waals surface area contributed by atoms with E-state index in [0.29, 0.717) is 6.42 Å². The Balaban J connectivity index is 1.65. The summed E-state index contributed by atoms with van der Waals surface area (Å²) < 4.78 is 0. The molecule has 0 saturated heterocycles. The van der Waals surface area contributed by atoms with Crippen LogP contribution in [0.5, 0.6) is 0 Å². The smallest absolute Gasteiger partial charge is 0.219 e. The van der Waals surface area contributed by atoms with Gasteiger partial charge in [-0.15, -0.1) is 0 Å². The zero-order chi connectivity index (χ0) is 28.8. The van der Waals surface area contributed by atoms with Gasteiger partial charge in [-0.25, -0.2) is 0 Å². The normalized spacial score (nSPS) is 43.9. The number of hydrogen-bond acceptors (Lipinski definition) is 4. The molecule has 0 aromatic rings. The number of carbonyl (C=O) groups is 3. The van der Waals surface area contributed by atoms with Crippen molar-refractivity contribution in [1.82, 2.24) is 5.32 Å². The maximum Gasteiger partial charge on any atom is 0.219 e. The van der Waals surface area contributed by atoms with Gasteiger partial charge in [0.1, 0.15) is 6.07 Å². The third kappa shape index (κ3) is 3.72. The van der Waals surface area contributed by atoms with Gasteiger partial charge in [-0.3, -0.25) is 14.4 Å². The molecule has 5 rings (SSSR count). The third-order valence-corrected chi connectivity index (χ3v) is 13.2. The summed E-state index contributed by atoms with van der Waals surface area (Å²) in [6, 6.07) is 2.20. The van der Waals surface area contributed by atoms with E-state index in [4.69, 9.17) is 0 Å². The highest BCUT2D eigenvalue weighted by Gasteiger charge is 2.69. The lowest BCUT2D eigenvalue weighted by Crippen LogP contribution is -2.64. The first-order chi connectivity index (χ1) is 18.0. The van der Waals surface area contributed by atoms with Gasteiger partial charge in [0, 0.05) is 30.2 Å². The average molecular weight is 533 g/mol. The first-order valence-corrected chi connectivity index (χ1v) is 15.2. The molecule has 5 nitrogen and oxygen atoms in total. The predicted octanol–water partition coefficient (Wildman–Crippen LogP) is 6.73. The summed E-state index contributed by atoms with van der Waals surface area (Å²) in [4.78, 5) is 40.1. The molecule has 0 bridgehead atoms. The Kier molecular flexibility index (Phi) is 6.27. The molecule has 1 N–H and O–H groups in total. The Morgan fingerprint density at radius 2 is 1.69 bits per heavy atom. The Hall–Kier alpha value is -2.22. The second kappa shape index (κ2) is 8.64. The molecule has 5 heteroatoms. The van der Waals surface area contributed by atoms with Gasteiger partial charge in [-0.05, 0) is 90.9 Å². The molecule has 0 aliphatic heterocycles. The quantitative estimate of drug-likeness (QED) is 0.436. The maximum absolute atomic E-state index is 14.5. The van der Waals surface area contributed by atoms with Crippen LogP contribution >= 0.6 is 0 Å². The zero-order valence-corrected chi connectivity index (χ0v) is 25.4. The number of hydrogen-bond donors (Lipinski definition) is 1. The Bertz CT molecular complexity index is 1230. The van der Waals surface area contributed by atoms with Gasteiger partial charge in [0.05, 0.1) is 5.57 Å². The molecule has 5 aliphatic rings. The number of Topliss-reactive ketones (excluding diaryl/α,β-unsaturated/α-hetero) is 1. The molecule has 0 aromatic carbocycles. The van der Waals surface area contributed by atoms with E-state index in [1.54, 1.807) is 7.05 Å². The van der Waals surface area contributed by atoms with Crippen molar-refractivity contribution in [1.29, 1.82) is 5.26 Å². The van der Waals surface area contributed by atoms with Crippen molar-refractivity contribution in [3.05, 3.63) is 23.3 Å². The number of allylic oxidation sites excluding steroid dienone is 4. The van der Waals surface area contributed by atoms with Gasteiger partial charge < -0.3 is 5.32 Å². The van der Waals surface area contributed by atoms with Crippen LogP contribution in [0.25, 0.3) is 0 Å². The van der Waals surface area contributed by atoms with Crippen LogP contribution < -0.4 is 5.32 Å². The van der Waals surface area contributed by atoms with E-state index in [9.17, 15) is 19.6 Å². The Morgan fingerprint density at radius 3 is 2.33 bits per heavy atom. The van der Waals surface area contributed by atoms with E-state index < -0.39 is 10.8 Å². The molecule has 212 valence electrons. The Labute approximate surface area is 235 Å². The standard InChI is InChI=1S/C34H48N2O3/c1-29(2)13-15-34(12-10-26(38)36-8)16-14-33(7)27(22(34)19-29)23(37)17-25-31(5)18-21(20-35)28(39)30(3,4)24(31)9-11-32(25,33)6/h17-18,22,24,27H,9-16,19H2,1-8H3,(H,36,38)/t22-,24-,27-,31-,32+,33+,34+/m0/s1. The predicted molar refractivity (Wildman–Crippen MR) is 152 cm³/mol. The number of nitrogens with zero attached hydrogens (tertiary/aromatic N) is 1. The summed E-state index contributed by atoms with van der Waals surface area (Å²) in [7, 11) is 1.71. The van der Waals surface area contributed by atoms with Crippen LogP contribution in [0.3, 0.4) is 0 Å². The van der Waals surface area contributed by atoms with Crippen LogP contribution in [0.2, 0.25) is 0 Å². The molecule has 7 atom stereocenters. The summed E-state index contributed by atoms with van der Waals surface area (Å²) in [6.07, 6.45) is 12.4. The van der Waals surface area contributed by atoms with Crippen molar-refractivity contribution in [3.8, 4) is 6.07 Å². The van der Waals surface area contributed by atoms with Gasteiger partial charge in [0.15, 0.2) is 11.6 Å². The first kappa shape index (κ1) is 28.3. The fourth-order valence-corrected chi connectivity index (χ4v) is 10.7. The molecule has 0 radical (unpaired) electrons. The average Bonchev–Trinajstić information content (AvgIpc) is 2.86. The van der Waals surface area contributed by atoms with Gasteiger partial charge >= 0.3 is 0 Å². The molecular weight excluding hydrogens is 484 g/mol. The molecule has 0 heterocycles. The van der Waals surface area contributed by atoms with Gasteiger partial charge in [0.25, 0.3) is 0 Å². The fraction of sp³-hybridized carbons (Fsp3) is 0.765. The van der Waals surface area contributed by atoms with Crippen LogP contribution in [0.4, 0.5) is 0 Å². The number of amides is 1. The minimum atomic E-state index is -0.646. The van der Waals surface area contributed by atoms with Crippen molar-refractivity contribution >= 4 is 17.5 Å². The topological polar surface area (TPSA) is 87.0 Å². The zero-order valence-electron chi connectivity index (χ0n) is 25.4. The third-order valence-electron chi connectivity index (χ3n) is 13.2. The van der Waals surface area contributed by atoms with Crippen molar-refractivity contribution < 1.29 is 14.4 Å². The molecule has 5 aliphatic carbocycles. The summed E-state index contributed by atoms with van der Waals surface area (Å²) in [6.45, 7) is 15.6. The van der Waals surface area contributed by atoms with E-state index in [1.165, 1.54) is 0 Å². The van der Waals surface area contributed by atoms with Crippen molar-refractivity contribution in [3.63, 3.8) is 0 Å². The summed E-state index contributed by atoms with van der Waals surface area (Å²) in [5.41, 5.74) is 0.0444. The molecular formula is C34H48N2O3. The van der Waals surface area contributed by atoms with Crippen LogP contribution in [0.1, 0.15) is 106 Å². The van der Waals surface area contributed by atoms with E-state index in [1.807, 2.05) is 26.0 Å². The van der Waals surface area contributed by atoms with Crippen LogP contribution in [0, 0.1) is 61.6 Å². The molecule has 39 heavy (non-hydrogen) atoms. The number of rotatable bonds is 3. The molecule has 0 spiro atoms. The van der Waals surface area contributed by atoms with E-state index in [-0.39, 0.29) is 62.5 Å². The molecule has 3 fully saturated rings. The number of ketones is 2. The highest BCUT2D eigenvalue weighted by atomic mass is 16.1. The first-order valence-electron chi connectivity index (χ1n) is 15.2. The van der Waals surface area contributed by atoms with Crippen molar-refractivity contribution in [2.45, 2.75) is 106 Å². The second-order valence-corrected chi connectivity index (χ2v) is 15.8. The molecule has 0 unspecified atom stereocenters. The van der Waals surface area contributed by atoms with Gasteiger partial charge in [-0.1, -0.05) is 60.1 Å². The van der Waals surface area contributed by atoms with Crippen molar-refractivity contribution in [2.75, 3.05) is 7.05 Å². The second-order valence-electron chi connectivity index (χ2n) is 15.8. The fourth-order valence-electron chi connectivity index (χ4n) is 10.7. The minimum absolute atomic E-state index is 0.0256. The summed E-state index contributed by atoms with van der Waals surface area (Å²) in [5, 5.41) is 12.7. The van der Waals surface area contributed by atoms with Crippen molar-refractivity contribution in [2.24, 2.45) is 50.2 Å². The molecule has 3 saturated carbocycles. The van der Waals surface area contributed by atoms with Gasteiger partial charge in [-0.2, -0.15) is 5.26 Å². The molecule has 0 aromatic heterocycles. The SMILES string of the molecule is CNC(=O)CC[C@]12CCC(C)(C)C[C@H]1[C@H]1C(=O)C=C3[C@@]4(C)C=C(C#N)C(=O)C(C)(C)[C@@H]4CC[C@@]3(C)[C@]1(C)CC2.